The first-order valence-corrected chi connectivity index (χ1v) is 11.0. The van der Waals surface area contributed by atoms with Gasteiger partial charge in [-0.05, 0) is 48.9 Å². The highest BCUT2D eigenvalue weighted by atomic mass is 32.2. The van der Waals surface area contributed by atoms with Crippen LogP contribution < -0.4 is 4.31 Å². The Morgan fingerprint density at radius 2 is 1.56 bits per heavy atom. The van der Waals surface area contributed by atoms with Crippen LogP contribution in [0.2, 0.25) is 0 Å². The molecular weight excluding hydrogens is 439 g/mol. The van der Waals surface area contributed by atoms with E-state index in [1.54, 1.807) is 30.3 Å². The molecule has 0 aromatic heterocycles. The third kappa shape index (κ3) is 5.45. The molecule has 0 aliphatic heterocycles. The van der Waals surface area contributed by atoms with E-state index in [9.17, 15) is 26.4 Å². The van der Waals surface area contributed by atoms with E-state index >= 15 is 0 Å². The van der Waals surface area contributed by atoms with Gasteiger partial charge in [-0.25, -0.2) is 8.42 Å². The van der Waals surface area contributed by atoms with Crippen LogP contribution in [0.3, 0.4) is 0 Å². The Balaban J connectivity index is 1.97. The summed E-state index contributed by atoms with van der Waals surface area (Å²) in [7, 11) is -4.00. The van der Waals surface area contributed by atoms with Crippen LogP contribution in [0.4, 0.5) is 18.9 Å². The summed E-state index contributed by atoms with van der Waals surface area (Å²) < 4.78 is 66.6. The van der Waals surface area contributed by atoms with Gasteiger partial charge >= 0.3 is 6.18 Å². The molecule has 0 fully saturated rings. The fourth-order valence-electron chi connectivity index (χ4n) is 3.04. The molecule has 0 heterocycles. The first-order chi connectivity index (χ1) is 15.1. The van der Waals surface area contributed by atoms with Crippen molar-refractivity contribution < 1.29 is 26.4 Å². The van der Waals surface area contributed by atoms with Crippen molar-refractivity contribution in [1.29, 1.82) is 0 Å². The Kier molecular flexibility index (Phi) is 6.84. The maximum atomic E-state index is 13.3. The van der Waals surface area contributed by atoms with E-state index < -0.39 is 21.8 Å². The van der Waals surface area contributed by atoms with Crippen LogP contribution in [0.15, 0.2) is 83.8 Å². The van der Waals surface area contributed by atoms with Crippen LogP contribution in [0.5, 0.6) is 0 Å². The molecule has 0 atom stereocenters. The van der Waals surface area contributed by atoms with Gasteiger partial charge in [-0.15, -0.1) is 0 Å². The van der Waals surface area contributed by atoms with E-state index in [2.05, 4.69) is 0 Å². The van der Waals surface area contributed by atoms with Gasteiger partial charge in [0.15, 0.2) is 0 Å². The van der Waals surface area contributed by atoms with Crippen molar-refractivity contribution in [1.82, 2.24) is 0 Å². The van der Waals surface area contributed by atoms with E-state index in [4.69, 9.17) is 0 Å². The minimum absolute atomic E-state index is 0.0621. The molecule has 3 rings (SSSR count). The molecule has 4 nitrogen and oxygen atoms in total. The van der Waals surface area contributed by atoms with Crippen molar-refractivity contribution in [2.75, 3.05) is 10.8 Å². The number of halogens is 3. The quantitative estimate of drug-likeness (QED) is 0.424. The van der Waals surface area contributed by atoms with Gasteiger partial charge in [0.2, 0.25) is 0 Å². The molecule has 0 N–H and O–H groups in total. The van der Waals surface area contributed by atoms with Gasteiger partial charge in [0.1, 0.15) is 6.29 Å². The predicted molar refractivity (Wildman–Crippen MR) is 118 cm³/mol. The number of rotatable bonds is 7. The fourth-order valence-corrected chi connectivity index (χ4v) is 4.44. The van der Waals surface area contributed by atoms with Gasteiger partial charge in [-0.2, -0.15) is 13.2 Å². The number of anilines is 1. The number of benzene rings is 3. The average Bonchev–Trinajstić information content (AvgIpc) is 2.76. The number of aldehydes is 1. The zero-order valence-corrected chi connectivity index (χ0v) is 17.9. The lowest BCUT2D eigenvalue weighted by atomic mass is 10.1. The molecule has 32 heavy (non-hydrogen) atoms. The second kappa shape index (κ2) is 9.40. The molecule has 0 saturated heterocycles. The van der Waals surface area contributed by atoms with E-state index in [-0.39, 0.29) is 22.7 Å². The molecule has 0 radical (unpaired) electrons. The van der Waals surface area contributed by atoms with Crippen LogP contribution in [-0.2, 0) is 16.2 Å². The van der Waals surface area contributed by atoms with Crippen LogP contribution in [0.1, 0.15) is 27.0 Å². The minimum Gasteiger partial charge on any atom is -0.298 e. The minimum atomic E-state index is -4.47. The summed E-state index contributed by atoms with van der Waals surface area (Å²) in [5, 5.41) is 0. The summed E-state index contributed by atoms with van der Waals surface area (Å²) in [5.41, 5.74) is 0.955. The van der Waals surface area contributed by atoms with E-state index in [1.165, 1.54) is 42.5 Å². The third-order valence-electron chi connectivity index (χ3n) is 4.70. The number of hydrogen-bond donors (Lipinski definition) is 0. The Hall–Kier alpha value is -3.39. The van der Waals surface area contributed by atoms with Crippen molar-refractivity contribution in [3.8, 4) is 0 Å². The van der Waals surface area contributed by atoms with Crippen molar-refractivity contribution in [3.63, 3.8) is 0 Å². The Bertz CT molecular complexity index is 1230. The summed E-state index contributed by atoms with van der Waals surface area (Å²) in [4.78, 5) is 11.2. The second-order valence-electron chi connectivity index (χ2n) is 7.09. The maximum absolute atomic E-state index is 13.3. The first-order valence-electron chi connectivity index (χ1n) is 9.60. The standard InChI is InChI=1S/C24H20F3NO3S/c1-18-10-12-23(13-11-18)32(30,31)28(22-9-3-6-20(16-22)17-29)14-4-7-19-5-2-8-21(15-19)24(25,26)27/h2-13,15-17H,14H2,1H3. The molecule has 0 aliphatic carbocycles. The van der Waals surface area contributed by atoms with Gasteiger partial charge in [0.05, 0.1) is 22.7 Å². The summed E-state index contributed by atoms with van der Waals surface area (Å²) in [6, 6.07) is 17.2. The SMILES string of the molecule is Cc1ccc(S(=O)(=O)N(CC=Cc2cccc(C(F)(F)F)c2)c2cccc(C=O)c2)cc1. The third-order valence-corrected chi connectivity index (χ3v) is 6.51. The van der Waals surface area contributed by atoms with Crippen molar-refractivity contribution in [3.05, 3.63) is 101 Å². The molecule has 0 aliphatic rings. The van der Waals surface area contributed by atoms with Crippen molar-refractivity contribution >= 4 is 28.1 Å². The molecule has 0 amide bonds. The fraction of sp³-hybridized carbons (Fsp3) is 0.125. The normalized spacial score (nSPS) is 12.1. The summed E-state index contributed by atoms with van der Waals surface area (Å²) >= 11 is 0. The highest BCUT2D eigenvalue weighted by molar-refractivity contribution is 7.92. The molecule has 0 spiro atoms. The van der Waals surface area contributed by atoms with Gasteiger partial charge < -0.3 is 0 Å². The highest BCUT2D eigenvalue weighted by Crippen LogP contribution is 2.30. The largest absolute Gasteiger partial charge is 0.416 e. The number of alkyl halides is 3. The molecule has 0 unspecified atom stereocenters. The monoisotopic (exact) mass is 459 g/mol. The van der Waals surface area contributed by atoms with Gasteiger partial charge in [-0.1, -0.05) is 54.1 Å². The maximum Gasteiger partial charge on any atom is 0.416 e. The molecule has 8 heteroatoms. The average molecular weight is 459 g/mol. The molecule has 3 aromatic carbocycles. The summed E-state index contributed by atoms with van der Waals surface area (Å²) in [6.45, 7) is 1.69. The van der Waals surface area contributed by atoms with Gasteiger partial charge in [0, 0.05) is 5.56 Å². The van der Waals surface area contributed by atoms with Crippen LogP contribution >= 0.6 is 0 Å². The van der Waals surface area contributed by atoms with Gasteiger partial charge in [-0.3, -0.25) is 9.10 Å². The number of carbonyl (C=O) groups is 1. The molecule has 0 saturated carbocycles. The van der Waals surface area contributed by atoms with E-state index in [0.717, 1.165) is 22.0 Å². The topological polar surface area (TPSA) is 54.5 Å². The molecule has 3 aromatic rings. The van der Waals surface area contributed by atoms with Gasteiger partial charge in [0.25, 0.3) is 10.0 Å². The summed E-state index contributed by atoms with van der Waals surface area (Å²) in [5.74, 6) is 0. The Labute approximate surface area is 184 Å². The second-order valence-corrected chi connectivity index (χ2v) is 8.95. The van der Waals surface area contributed by atoms with E-state index in [0.29, 0.717) is 11.8 Å². The number of carbonyl (C=O) groups excluding carboxylic acids is 1. The highest BCUT2D eigenvalue weighted by Gasteiger charge is 2.30. The van der Waals surface area contributed by atoms with Crippen LogP contribution in [-0.4, -0.2) is 21.2 Å². The van der Waals surface area contributed by atoms with Crippen molar-refractivity contribution in [2.24, 2.45) is 0 Å². The smallest absolute Gasteiger partial charge is 0.298 e. The summed E-state index contributed by atoms with van der Waals surface area (Å²) in [6.07, 6.45) is -0.968. The van der Waals surface area contributed by atoms with Crippen LogP contribution in [0.25, 0.3) is 6.08 Å². The molecule has 166 valence electrons. The lowest BCUT2D eigenvalue weighted by molar-refractivity contribution is -0.137. The predicted octanol–water partition coefficient (Wildman–Crippen LogP) is 5.74. The number of sulfonamides is 1. The lowest BCUT2D eigenvalue weighted by Gasteiger charge is -2.23. The molecule has 0 bridgehead atoms. The van der Waals surface area contributed by atoms with Crippen LogP contribution in [0, 0.1) is 6.92 Å². The molecular formula is C24H20F3NO3S. The Morgan fingerprint density at radius 1 is 0.906 bits per heavy atom. The lowest BCUT2D eigenvalue weighted by Crippen LogP contribution is -2.31. The Morgan fingerprint density at radius 3 is 2.22 bits per heavy atom. The zero-order chi connectivity index (χ0) is 23.4. The number of aryl methyl sites for hydroxylation is 1. The first kappa shape index (κ1) is 23.3. The zero-order valence-electron chi connectivity index (χ0n) is 17.1. The number of nitrogens with zero attached hydrogens (tertiary/aromatic N) is 1. The van der Waals surface area contributed by atoms with E-state index in [1.807, 2.05) is 6.92 Å². The van der Waals surface area contributed by atoms with Crippen molar-refractivity contribution in [2.45, 2.75) is 18.0 Å². The number of hydrogen-bond acceptors (Lipinski definition) is 3.